The average Bonchev–Trinajstić information content (AvgIpc) is 1.94. The molecule has 60 valence electrons. The Bertz CT molecular complexity index is 260. The second kappa shape index (κ2) is 3.36. The smallest absolute Gasteiger partial charge is 0.0546 e. The Morgan fingerprint density at radius 2 is 2.18 bits per heavy atom. The summed E-state index contributed by atoms with van der Waals surface area (Å²) in [7, 11) is 0. The number of pyridine rings is 1. The van der Waals surface area contributed by atoms with Gasteiger partial charge in [0.2, 0.25) is 0 Å². The van der Waals surface area contributed by atoms with Crippen molar-refractivity contribution in [3.8, 4) is 0 Å². The molecule has 1 heterocycles. The van der Waals surface area contributed by atoms with Gasteiger partial charge in [-0.05, 0) is 29.5 Å². The Labute approximate surface area is 79.3 Å². The first kappa shape index (κ1) is 8.73. The molecule has 0 saturated carbocycles. The number of rotatable bonds is 1. The third-order valence-corrected chi connectivity index (χ3v) is 2.32. The lowest BCUT2D eigenvalue weighted by Gasteiger charge is -2.08. The van der Waals surface area contributed by atoms with E-state index in [4.69, 9.17) is 11.5 Å². The monoisotopic (exact) mass is 263 g/mol. The molecule has 0 amide bonds. The Balaban J connectivity index is 3.17. The van der Waals surface area contributed by atoms with Gasteiger partial charge in [-0.1, -0.05) is 0 Å². The SMILES string of the molecule is CC(N)c1cncc(I)c1N. The third kappa shape index (κ3) is 1.81. The molecule has 1 aromatic heterocycles. The molecule has 1 atom stereocenters. The highest BCUT2D eigenvalue weighted by molar-refractivity contribution is 14.1. The molecule has 11 heavy (non-hydrogen) atoms. The molecule has 3 nitrogen and oxygen atoms in total. The van der Waals surface area contributed by atoms with E-state index in [1.807, 2.05) is 6.92 Å². The Morgan fingerprint density at radius 3 is 2.64 bits per heavy atom. The summed E-state index contributed by atoms with van der Waals surface area (Å²) in [6.07, 6.45) is 3.43. The number of anilines is 1. The fourth-order valence-corrected chi connectivity index (χ4v) is 1.30. The molecule has 0 bridgehead atoms. The lowest BCUT2D eigenvalue weighted by molar-refractivity contribution is 0.814. The lowest BCUT2D eigenvalue weighted by atomic mass is 10.1. The largest absolute Gasteiger partial charge is 0.398 e. The standard InChI is InChI=1S/C7H10IN3/c1-4(9)5-2-11-3-6(8)7(5)10/h2-4H,9H2,1H3,(H2,10,11). The minimum absolute atomic E-state index is 0.0442. The molecule has 0 aromatic carbocycles. The molecule has 0 aliphatic heterocycles. The van der Waals surface area contributed by atoms with Crippen LogP contribution in [0.25, 0.3) is 0 Å². The van der Waals surface area contributed by atoms with Gasteiger partial charge in [0.25, 0.3) is 0 Å². The van der Waals surface area contributed by atoms with Crippen LogP contribution >= 0.6 is 22.6 Å². The molecule has 0 aliphatic rings. The van der Waals surface area contributed by atoms with Gasteiger partial charge in [0.1, 0.15) is 0 Å². The van der Waals surface area contributed by atoms with E-state index in [0.29, 0.717) is 0 Å². The normalized spacial score (nSPS) is 13.0. The summed E-state index contributed by atoms with van der Waals surface area (Å²) < 4.78 is 0.956. The van der Waals surface area contributed by atoms with Crippen LogP contribution < -0.4 is 11.5 Å². The zero-order valence-electron chi connectivity index (χ0n) is 6.21. The molecule has 0 fully saturated rings. The van der Waals surface area contributed by atoms with Crippen LogP contribution in [0.5, 0.6) is 0 Å². The van der Waals surface area contributed by atoms with Gasteiger partial charge in [-0.15, -0.1) is 0 Å². The van der Waals surface area contributed by atoms with E-state index < -0.39 is 0 Å². The third-order valence-electron chi connectivity index (χ3n) is 1.46. The first-order valence-electron chi connectivity index (χ1n) is 3.27. The topological polar surface area (TPSA) is 64.9 Å². The van der Waals surface area contributed by atoms with E-state index in [1.165, 1.54) is 0 Å². The summed E-state index contributed by atoms with van der Waals surface area (Å²) in [4.78, 5) is 4.00. The minimum Gasteiger partial charge on any atom is -0.398 e. The van der Waals surface area contributed by atoms with Gasteiger partial charge >= 0.3 is 0 Å². The van der Waals surface area contributed by atoms with Gasteiger partial charge in [-0.25, -0.2) is 0 Å². The first-order chi connectivity index (χ1) is 5.13. The van der Waals surface area contributed by atoms with Crippen LogP contribution in [0.1, 0.15) is 18.5 Å². The molecule has 4 heteroatoms. The summed E-state index contributed by atoms with van der Waals surface area (Å²) in [5, 5.41) is 0. The highest BCUT2D eigenvalue weighted by Gasteiger charge is 2.06. The number of hydrogen-bond acceptors (Lipinski definition) is 3. The van der Waals surface area contributed by atoms with E-state index in [9.17, 15) is 0 Å². The Morgan fingerprint density at radius 1 is 1.55 bits per heavy atom. The molecule has 1 rings (SSSR count). The number of nitrogens with zero attached hydrogens (tertiary/aromatic N) is 1. The van der Waals surface area contributed by atoms with Gasteiger partial charge in [-0.3, -0.25) is 4.98 Å². The molecule has 4 N–H and O–H groups in total. The maximum absolute atomic E-state index is 5.76. The fourth-order valence-electron chi connectivity index (χ4n) is 0.823. The van der Waals surface area contributed by atoms with Crippen molar-refractivity contribution in [3.63, 3.8) is 0 Å². The van der Waals surface area contributed by atoms with Crippen molar-refractivity contribution < 1.29 is 0 Å². The number of halogens is 1. The highest BCUT2D eigenvalue weighted by Crippen LogP contribution is 2.21. The van der Waals surface area contributed by atoms with Crippen LogP contribution in [0.2, 0.25) is 0 Å². The van der Waals surface area contributed by atoms with Crippen molar-refractivity contribution in [2.75, 3.05) is 5.73 Å². The minimum atomic E-state index is -0.0442. The quantitative estimate of drug-likeness (QED) is 0.750. The lowest BCUT2D eigenvalue weighted by Crippen LogP contribution is -2.09. The highest BCUT2D eigenvalue weighted by atomic mass is 127. The number of hydrogen-bond donors (Lipinski definition) is 2. The van der Waals surface area contributed by atoms with Crippen molar-refractivity contribution >= 4 is 28.3 Å². The summed E-state index contributed by atoms with van der Waals surface area (Å²) in [5.74, 6) is 0. The van der Waals surface area contributed by atoms with Crippen molar-refractivity contribution in [3.05, 3.63) is 21.5 Å². The van der Waals surface area contributed by atoms with Crippen molar-refractivity contribution in [1.82, 2.24) is 4.98 Å². The second-order valence-corrected chi connectivity index (χ2v) is 3.58. The van der Waals surface area contributed by atoms with Crippen molar-refractivity contribution in [2.45, 2.75) is 13.0 Å². The van der Waals surface area contributed by atoms with Gasteiger partial charge < -0.3 is 11.5 Å². The van der Waals surface area contributed by atoms with E-state index in [0.717, 1.165) is 14.8 Å². The molecule has 1 aromatic rings. The van der Waals surface area contributed by atoms with Gasteiger partial charge in [0.15, 0.2) is 0 Å². The fraction of sp³-hybridized carbons (Fsp3) is 0.286. The van der Waals surface area contributed by atoms with Crippen LogP contribution in [0, 0.1) is 3.57 Å². The van der Waals surface area contributed by atoms with E-state index >= 15 is 0 Å². The molecule has 0 radical (unpaired) electrons. The van der Waals surface area contributed by atoms with Crippen LogP contribution in [0.15, 0.2) is 12.4 Å². The molecule has 0 saturated heterocycles. The Kier molecular flexibility index (Phi) is 2.67. The number of nitrogen functional groups attached to an aromatic ring is 1. The summed E-state index contributed by atoms with van der Waals surface area (Å²) in [5.41, 5.74) is 13.1. The maximum atomic E-state index is 5.76. The summed E-state index contributed by atoms with van der Waals surface area (Å²) in [6.45, 7) is 1.89. The van der Waals surface area contributed by atoms with Gasteiger partial charge in [0.05, 0.1) is 9.26 Å². The van der Waals surface area contributed by atoms with E-state index in [2.05, 4.69) is 27.6 Å². The summed E-state index contributed by atoms with van der Waals surface area (Å²) in [6, 6.07) is -0.0442. The maximum Gasteiger partial charge on any atom is 0.0546 e. The van der Waals surface area contributed by atoms with Crippen LogP contribution in [0.4, 0.5) is 5.69 Å². The molecule has 0 spiro atoms. The predicted octanol–water partition coefficient (Wildman–Crippen LogP) is 1.29. The van der Waals surface area contributed by atoms with Crippen LogP contribution in [-0.2, 0) is 0 Å². The number of aromatic nitrogens is 1. The van der Waals surface area contributed by atoms with Crippen molar-refractivity contribution in [2.24, 2.45) is 5.73 Å². The van der Waals surface area contributed by atoms with Crippen molar-refractivity contribution in [1.29, 1.82) is 0 Å². The van der Waals surface area contributed by atoms with E-state index in [-0.39, 0.29) is 6.04 Å². The second-order valence-electron chi connectivity index (χ2n) is 2.41. The first-order valence-corrected chi connectivity index (χ1v) is 4.35. The zero-order chi connectivity index (χ0) is 8.43. The molecule has 1 unspecified atom stereocenters. The van der Waals surface area contributed by atoms with Crippen LogP contribution in [-0.4, -0.2) is 4.98 Å². The zero-order valence-corrected chi connectivity index (χ0v) is 8.37. The molecule has 0 aliphatic carbocycles. The Hall–Kier alpha value is -0.360. The molecular formula is C7H10IN3. The summed E-state index contributed by atoms with van der Waals surface area (Å²) >= 11 is 2.14. The van der Waals surface area contributed by atoms with Gasteiger partial charge in [0, 0.05) is 24.0 Å². The average molecular weight is 263 g/mol. The molecular weight excluding hydrogens is 253 g/mol. The number of nitrogens with two attached hydrogens (primary N) is 2. The predicted molar refractivity (Wildman–Crippen MR) is 54.0 cm³/mol. The van der Waals surface area contributed by atoms with Gasteiger partial charge in [-0.2, -0.15) is 0 Å². The van der Waals surface area contributed by atoms with Crippen LogP contribution in [0.3, 0.4) is 0 Å². The van der Waals surface area contributed by atoms with E-state index in [1.54, 1.807) is 12.4 Å².